The highest BCUT2D eigenvalue weighted by Gasteiger charge is 2.28. The fourth-order valence-corrected chi connectivity index (χ4v) is 3.68. The molecule has 0 amide bonds. The summed E-state index contributed by atoms with van der Waals surface area (Å²) >= 11 is 0. The molecule has 17 heavy (non-hydrogen) atoms. The maximum Gasteiger partial charge on any atom is 0.373 e. The van der Waals surface area contributed by atoms with E-state index < -0.39 is 9.84 Å². The van der Waals surface area contributed by atoms with Gasteiger partial charge in [0.15, 0.2) is 9.84 Å². The summed E-state index contributed by atoms with van der Waals surface area (Å²) in [6, 6.07) is 8.17. The highest BCUT2D eigenvalue weighted by molar-refractivity contribution is 7.91. The lowest BCUT2D eigenvalue weighted by Crippen LogP contribution is -2.03. The zero-order valence-corrected chi connectivity index (χ0v) is 10.4. The van der Waals surface area contributed by atoms with Gasteiger partial charge in [-0.15, -0.1) is 0 Å². The molecule has 0 saturated carbocycles. The van der Waals surface area contributed by atoms with Crippen molar-refractivity contribution in [3.05, 3.63) is 35.4 Å². The summed E-state index contributed by atoms with van der Waals surface area (Å²) in [5.74, 6) is 0.905. The molecular formula is C12H14O4S. The Morgan fingerprint density at radius 2 is 1.71 bits per heavy atom. The van der Waals surface area contributed by atoms with Crippen molar-refractivity contribution >= 4 is 16.0 Å². The molecule has 5 heteroatoms. The second kappa shape index (κ2) is 5.75. The van der Waals surface area contributed by atoms with Crippen molar-refractivity contribution in [3.63, 3.8) is 0 Å². The van der Waals surface area contributed by atoms with Gasteiger partial charge >= 0.3 is 6.15 Å². The first-order valence-corrected chi connectivity index (χ1v) is 7.07. The summed E-state index contributed by atoms with van der Waals surface area (Å²) in [6.45, 7) is 2.04. The smallest absolute Gasteiger partial charge is 0.229 e. The third-order valence-corrected chi connectivity index (χ3v) is 4.55. The van der Waals surface area contributed by atoms with Crippen molar-refractivity contribution < 1.29 is 18.0 Å². The van der Waals surface area contributed by atoms with Gasteiger partial charge in [-0.1, -0.05) is 29.8 Å². The first-order chi connectivity index (χ1) is 7.98. The quantitative estimate of drug-likeness (QED) is 0.757. The SMILES string of the molecule is Cc1ccc(C2CCS(=O)(=O)C2)cc1.O=C=O. The summed E-state index contributed by atoms with van der Waals surface area (Å²) in [7, 11) is -2.75. The lowest BCUT2D eigenvalue weighted by molar-refractivity contribution is -0.191. The number of hydrogen-bond acceptors (Lipinski definition) is 4. The maximum absolute atomic E-state index is 11.3. The number of rotatable bonds is 1. The van der Waals surface area contributed by atoms with E-state index in [1.165, 1.54) is 5.56 Å². The molecule has 0 bridgehead atoms. The molecule has 0 aliphatic carbocycles. The van der Waals surface area contributed by atoms with Crippen LogP contribution in [-0.2, 0) is 19.4 Å². The first-order valence-electron chi connectivity index (χ1n) is 5.25. The number of sulfone groups is 1. The number of benzene rings is 1. The van der Waals surface area contributed by atoms with Crippen LogP contribution in [0.15, 0.2) is 24.3 Å². The summed E-state index contributed by atoms with van der Waals surface area (Å²) in [5, 5.41) is 0. The number of aryl methyl sites for hydroxylation is 1. The predicted molar refractivity (Wildman–Crippen MR) is 62.2 cm³/mol. The van der Waals surface area contributed by atoms with E-state index in [0.717, 1.165) is 12.0 Å². The Balaban J connectivity index is 0.000000437. The van der Waals surface area contributed by atoms with Crippen LogP contribution < -0.4 is 0 Å². The minimum atomic E-state index is -2.75. The summed E-state index contributed by atoms with van der Waals surface area (Å²) in [6.07, 6.45) is 1.03. The molecular weight excluding hydrogens is 240 g/mol. The van der Waals surface area contributed by atoms with Gasteiger partial charge in [-0.05, 0) is 24.8 Å². The van der Waals surface area contributed by atoms with Crippen LogP contribution in [0.1, 0.15) is 23.5 Å². The molecule has 1 aromatic rings. The number of carbonyl (C=O) groups excluding carboxylic acids is 2. The normalized spacial score (nSPS) is 21.1. The Kier molecular flexibility index (Phi) is 4.61. The van der Waals surface area contributed by atoms with Crippen LogP contribution in [0.4, 0.5) is 0 Å². The fourth-order valence-electron chi connectivity index (χ4n) is 1.90. The van der Waals surface area contributed by atoms with Crippen LogP contribution in [0.2, 0.25) is 0 Å². The van der Waals surface area contributed by atoms with Crippen molar-refractivity contribution in [1.29, 1.82) is 0 Å². The molecule has 0 radical (unpaired) electrons. The van der Waals surface area contributed by atoms with Gasteiger partial charge in [0, 0.05) is 0 Å². The van der Waals surface area contributed by atoms with Crippen LogP contribution >= 0.6 is 0 Å². The van der Waals surface area contributed by atoms with Crippen molar-refractivity contribution in [3.8, 4) is 0 Å². The minimum Gasteiger partial charge on any atom is -0.229 e. The molecule has 0 N–H and O–H groups in total. The first kappa shape index (κ1) is 13.6. The van der Waals surface area contributed by atoms with Crippen LogP contribution in [0, 0.1) is 6.92 Å². The predicted octanol–water partition coefficient (Wildman–Crippen LogP) is 1.31. The standard InChI is InChI=1S/C11H14O2S.CO2/c1-9-2-4-10(5-3-9)11-6-7-14(12,13)8-11;2-1-3/h2-5,11H,6-8H2,1H3;. The lowest BCUT2D eigenvalue weighted by Gasteiger charge is -2.07. The van der Waals surface area contributed by atoms with E-state index in [1.807, 2.05) is 31.2 Å². The molecule has 1 fully saturated rings. The highest BCUT2D eigenvalue weighted by Crippen LogP contribution is 2.28. The Morgan fingerprint density at radius 3 is 2.12 bits per heavy atom. The Bertz CT molecular complexity index is 496. The topological polar surface area (TPSA) is 68.3 Å². The van der Waals surface area contributed by atoms with Crippen molar-refractivity contribution in [2.45, 2.75) is 19.3 Å². The van der Waals surface area contributed by atoms with E-state index in [2.05, 4.69) is 0 Å². The minimum absolute atomic E-state index is 0.223. The van der Waals surface area contributed by atoms with Gasteiger partial charge in [-0.2, -0.15) is 9.59 Å². The molecule has 1 atom stereocenters. The third kappa shape index (κ3) is 4.13. The Morgan fingerprint density at radius 1 is 1.18 bits per heavy atom. The van der Waals surface area contributed by atoms with Gasteiger partial charge in [0.2, 0.25) is 0 Å². The molecule has 0 spiro atoms. The average Bonchev–Trinajstić information content (AvgIpc) is 2.61. The Labute approximate surface area is 101 Å². The van der Waals surface area contributed by atoms with Crippen LogP contribution in [0.3, 0.4) is 0 Å². The summed E-state index contributed by atoms with van der Waals surface area (Å²) in [5.41, 5.74) is 2.38. The van der Waals surface area contributed by atoms with Crippen molar-refractivity contribution in [2.75, 3.05) is 11.5 Å². The lowest BCUT2D eigenvalue weighted by atomic mass is 9.98. The maximum atomic E-state index is 11.3. The van der Waals surface area contributed by atoms with E-state index in [9.17, 15) is 8.42 Å². The van der Waals surface area contributed by atoms with Gasteiger partial charge in [-0.25, -0.2) is 8.42 Å². The Hall–Kier alpha value is -1.45. The van der Waals surface area contributed by atoms with Crippen molar-refractivity contribution in [1.82, 2.24) is 0 Å². The number of hydrogen-bond donors (Lipinski definition) is 0. The second-order valence-corrected chi connectivity index (χ2v) is 6.32. The molecule has 1 aromatic carbocycles. The van der Waals surface area contributed by atoms with Gasteiger partial charge in [0.1, 0.15) is 0 Å². The molecule has 1 aliphatic heterocycles. The summed E-state index contributed by atoms with van der Waals surface area (Å²) < 4.78 is 22.6. The van der Waals surface area contributed by atoms with E-state index >= 15 is 0 Å². The van der Waals surface area contributed by atoms with E-state index in [0.29, 0.717) is 11.5 Å². The van der Waals surface area contributed by atoms with Crippen LogP contribution in [0.25, 0.3) is 0 Å². The molecule has 1 heterocycles. The molecule has 1 aliphatic rings. The zero-order chi connectivity index (χ0) is 12.9. The molecule has 2 rings (SSSR count). The van der Waals surface area contributed by atoms with Gasteiger partial charge in [0.05, 0.1) is 11.5 Å². The molecule has 92 valence electrons. The van der Waals surface area contributed by atoms with Gasteiger partial charge in [-0.3, -0.25) is 0 Å². The zero-order valence-electron chi connectivity index (χ0n) is 9.55. The van der Waals surface area contributed by atoms with E-state index in [-0.39, 0.29) is 12.1 Å². The molecule has 1 saturated heterocycles. The van der Waals surface area contributed by atoms with E-state index in [1.54, 1.807) is 0 Å². The molecule has 1 unspecified atom stereocenters. The van der Waals surface area contributed by atoms with Gasteiger partial charge < -0.3 is 0 Å². The second-order valence-electron chi connectivity index (χ2n) is 4.09. The summed E-state index contributed by atoms with van der Waals surface area (Å²) in [4.78, 5) is 16.2. The monoisotopic (exact) mass is 254 g/mol. The van der Waals surface area contributed by atoms with E-state index in [4.69, 9.17) is 9.59 Å². The van der Waals surface area contributed by atoms with Crippen LogP contribution in [-0.4, -0.2) is 26.1 Å². The van der Waals surface area contributed by atoms with Crippen LogP contribution in [0.5, 0.6) is 0 Å². The molecule has 4 nitrogen and oxygen atoms in total. The molecule has 0 aromatic heterocycles. The van der Waals surface area contributed by atoms with Crippen molar-refractivity contribution in [2.24, 2.45) is 0 Å². The van der Waals surface area contributed by atoms with Gasteiger partial charge in [0.25, 0.3) is 0 Å². The third-order valence-electron chi connectivity index (χ3n) is 2.78. The fraction of sp³-hybridized carbons (Fsp3) is 0.417. The average molecular weight is 254 g/mol. The largest absolute Gasteiger partial charge is 0.373 e. The highest BCUT2D eigenvalue weighted by atomic mass is 32.2.